The molecule has 0 spiro atoms. The molecule has 4 rings (SSSR count). The SMILES string of the molecule is CC(C)C1COC(C=O)N1c1ccnc(N[C@@H](C)c2ccc(CN3CCNCC3)cc2)n1. The van der Waals surface area contributed by atoms with Gasteiger partial charge in [0.05, 0.1) is 18.7 Å². The molecule has 2 fully saturated rings. The fourth-order valence-corrected chi connectivity index (χ4v) is 4.34. The van der Waals surface area contributed by atoms with E-state index in [9.17, 15) is 4.79 Å². The van der Waals surface area contributed by atoms with Crippen LogP contribution in [-0.4, -0.2) is 66.2 Å². The van der Waals surface area contributed by atoms with E-state index >= 15 is 0 Å². The maximum atomic E-state index is 11.5. The summed E-state index contributed by atoms with van der Waals surface area (Å²) in [5.74, 6) is 1.58. The lowest BCUT2D eigenvalue weighted by Gasteiger charge is -2.29. The summed E-state index contributed by atoms with van der Waals surface area (Å²) >= 11 is 0. The summed E-state index contributed by atoms with van der Waals surface area (Å²) in [7, 11) is 0. The first kappa shape index (κ1) is 22.6. The second-order valence-electron chi connectivity index (χ2n) is 8.95. The Balaban J connectivity index is 1.42. The molecule has 0 radical (unpaired) electrons. The highest BCUT2D eigenvalue weighted by Gasteiger charge is 2.37. The molecule has 8 heteroatoms. The largest absolute Gasteiger partial charge is 0.349 e. The molecule has 0 bridgehead atoms. The van der Waals surface area contributed by atoms with Gasteiger partial charge < -0.3 is 20.3 Å². The number of hydrogen-bond acceptors (Lipinski definition) is 8. The number of nitrogens with one attached hydrogen (secondary N) is 2. The van der Waals surface area contributed by atoms with Crippen LogP contribution in [0.2, 0.25) is 0 Å². The van der Waals surface area contributed by atoms with Gasteiger partial charge in [0.15, 0.2) is 12.5 Å². The van der Waals surface area contributed by atoms with Gasteiger partial charge in [0.1, 0.15) is 5.82 Å². The van der Waals surface area contributed by atoms with Crippen LogP contribution < -0.4 is 15.5 Å². The monoisotopic (exact) mass is 438 g/mol. The van der Waals surface area contributed by atoms with Crippen LogP contribution in [-0.2, 0) is 16.1 Å². The van der Waals surface area contributed by atoms with Gasteiger partial charge in [-0.15, -0.1) is 0 Å². The predicted octanol–water partition coefficient (Wildman–Crippen LogP) is 2.44. The number of aromatic nitrogens is 2. The lowest BCUT2D eigenvalue weighted by Crippen LogP contribution is -2.42. The third-order valence-electron chi connectivity index (χ3n) is 6.30. The quantitative estimate of drug-likeness (QED) is 0.608. The van der Waals surface area contributed by atoms with E-state index in [4.69, 9.17) is 9.72 Å². The number of benzene rings is 1. The molecule has 3 heterocycles. The molecule has 2 saturated heterocycles. The number of carbonyl (C=O) groups is 1. The molecule has 1 aromatic heterocycles. The molecular weight excluding hydrogens is 404 g/mol. The van der Waals surface area contributed by atoms with Crippen molar-refractivity contribution in [3.63, 3.8) is 0 Å². The Hall–Kier alpha value is -2.55. The first-order chi connectivity index (χ1) is 15.5. The van der Waals surface area contributed by atoms with Crippen LogP contribution in [0.25, 0.3) is 0 Å². The van der Waals surface area contributed by atoms with E-state index in [1.807, 2.05) is 11.0 Å². The molecule has 8 nitrogen and oxygen atoms in total. The summed E-state index contributed by atoms with van der Waals surface area (Å²) < 4.78 is 5.67. The molecule has 32 heavy (non-hydrogen) atoms. The van der Waals surface area contributed by atoms with Crippen molar-refractivity contribution in [2.24, 2.45) is 5.92 Å². The van der Waals surface area contributed by atoms with Crippen LogP contribution in [0.4, 0.5) is 11.8 Å². The Morgan fingerprint density at radius 1 is 1.19 bits per heavy atom. The normalized spacial score (nSPS) is 22.8. The number of carbonyl (C=O) groups excluding carboxylic acids is 1. The molecule has 2 aliphatic rings. The van der Waals surface area contributed by atoms with Gasteiger partial charge in [0.2, 0.25) is 5.95 Å². The Labute approximate surface area is 190 Å². The molecule has 1 aromatic carbocycles. The predicted molar refractivity (Wildman–Crippen MR) is 126 cm³/mol. The summed E-state index contributed by atoms with van der Waals surface area (Å²) in [5.41, 5.74) is 2.51. The summed E-state index contributed by atoms with van der Waals surface area (Å²) in [4.78, 5) is 25.1. The zero-order valence-electron chi connectivity index (χ0n) is 19.2. The number of ether oxygens (including phenoxy) is 1. The lowest BCUT2D eigenvalue weighted by molar-refractivity contribution is -0.115. The van der Waals surface area contributed by atoms with E-state index in [1.165, 1.54) is 11.1 Å². The first-order valence-corrected chi connectivity index (χ1v) is 11.5. The van der Waals surface area contributed by atoms with Gasteiger partial charge in [0.25, 0.3) is 0 Å². The van der Waals surface area contributed by atoms with Crippen LogP contribution in [0.15, 0.2) is 36.5 Å². The Bertz CT molecular complexity index is 884. The van der Waals surface area contributed by atoms with Crippen molar-refractivity contribution in [1.29, 1.82) is 0 Å². The maximum Gasteiger partial charge on any atom is 0.225 e. The number of aldehydes is 1. The van der Waals surface area contributed by atoms with Gasteiger partial charge >= 0.3 is 0 Å². The zero-order chi connectivity index (χ0) is 22.5. The molecule has 0 aliphatic carbocycles. The fourth-order valence-electron chi connectivity index (χ4n) is 4.34. The summed E-state index contributed by atoms with van der Waals surface area (Å²) in [6.07, 6.45) is 1.96. The van der Waals surface area contributed by atoms with Crippen molar-refractivity contribution in [3.8, 4) is 0 Å². The van der Waals surface area contributed by atoms with E-state index in [1.54, 1.807) is 6.20 Å². The number of hydrogen-bond donors (Lipinski definition) is 2. The van der Waals surface area contributed by atoms with Gasteiger partial charge in [-0.25, -0.2) is 4.98 Å². The third-order valence-corrected chi connectivity index (χ3v) is 6.30. The van der Waals surface area contributed by atoms with Gasteiger partial charge in [0, 0.05) is 38.9 Å². The van der Waals surface area contributed by atoms with Crippen LogP contribution >= 0.6 is 0 Å². The number of piperazine rings is 1. The van der Waals surface area contributed by atoms with Crippen molar-refractivity contribution >= 4 is 18.1 Å². The Morgan fingerprint density at radius 3 is 2.62 bits per heavy atom. The average Bonchev–Trinajstić information content (AvgIpc) is 3.25. The Kier molecular flexibility index (Phi) is 7.34. The van der Waals surface area contributed by atoms with E-state index in [2.05, 4.69) is 65.6 Å². The van der Waals surface area contributed by atoms with Gasteiger partial charge in [-0.2, -0.15) is 4.98 Å². The molecule has 2 N–H and O–H groups in total. The molecule has 0 amide bonds. The van der Waals surface area contributed by atoms with Crippen molar-refractivity contribution in [2.75, 3.05) is 43.0 Å². The molecular formula is C24H34N6O2. The highest BCUT2D eigenvalue weighted by Crippen LogP contribution is 2.28. The van der Waals surface area contributed by atoms with Crippen molar-refractivity contribution < 1.29 is 9.53 Å². The summed E-state index contributed by atoms with van der Waals surface area (Å²) in [6.45, 7) is 12.2. The van der Waals surface area contributed by atoms with Gasteiger partial charge in [-0.3, -0.25) is 9.69 Å². The second-order valence-corrected chi connectivity index (χ2v) is 8.95. The minimum absolute atomic E-state index is 0.0519. The van der Waals surface area contributed by atoms with E-state index < -0.39 is 6.23 Å². The minimum Gasteiger partial charge on any atom is -0.349 e. The molecule has 2 unspecified atom stereocenters. The first-order valence-electron chi connectivity index (χ1n) is 11.5. The summed E-state index contributed by atoms with van der Waals surface area (Å²) in [5, 5.41) is 6.80. The lowest BCUT2D eigenvalue weighted by atomic mass is 10.0. The van der Waals surface area contributed by atoms with E-state index in [-0.39, 0.29) is 12.1 Å². The number of rotatable bonds is 8. The molecule has 172 valence electrons. The average molecular weight is 439 g/mol. The van der Waals surface area contributed by atoms with Crippen LogP contribution in [0, 0.1) is 5.92 Å². The topological polar surface area (TPSA) is 82.6 Å². The van der Waals surface area contributed by atoms with Gasteiger partial charge in [-0.05, 0) is 30.0 Å². The Morgan fingerprint density at radius 2 is 1.94 bits per heavy atom. The van der Waals surface area contributed by atoms with Crippen molar-refractivity contribution in [2.45, 2.75) is 45.6 Å². The molecule has 3 atom stereocenters. The molecule has 2 aromatic rings. The highest BCUT2D eigenvalue weighted by atomic mass is 16.5. The molecule has 2 aliphatic heterocycles. The number of nitrogens with zero attached hydrogens (tertiary/aromatic N) is 4. The standard InChI is InChI=1S/C24H34N6O2/c1-17(2)21-16-32-23(15-31)30(21)22-8-9-26-24(28-22)27-18(3)20-6-4-19(5-7-20)14-29-12-10-25-11-13-29/h4-9,15,17-18,21,23,25H,10-14,16H2,1-3H3,(H,26,27,28)/t18-,21?,23?/m0/s1. The van der Waals surface area contributed by atoms with Crippen LogP contribution in [0.5, 0.6) is 0 Å². The minimum atomic E-state index is -0.606. The van der Waals surface area contributed by atoms with Gasteiger partial charge in [-0.1, -0.05) is 38.1 Å². The smallest absolute Gasteiger partial charge is 0.225 e. The maximum absolute atomic E-state index is 11.5. The van der Waals surface area contributed by atoms with Crippen molar-refractivity contribution in [3.05, 3.63) is 47.7 Å². The van der Waals surface area contributed by atoms with E-state index in [0.29, 0.717) is 24.3 Å². The van der Waals surface area contributed by atoms with E-state index in [0.717, 1.165) is 39.0 Å². The van der Waals surface area contributed by atoms with Crippen molar-refractivity contribution in [1.82, 2.24) is 20.2 Å². The number of anilines is 2. The second kappa shape index (κ2) is 10.4. The third kappa shape index (κ3) is 5.26. The summed E-state index contributed by atoms with van der Waals surface area (Å²) in [6, 6.07) is 10.7. The zero-order valence-corrected chi connectivity index (χ0v) is 19.2. The highest BCUT2D eigenvalue weighted by molar-refractivity contribution is 5.64. The molecule has 0 saturated carbocycles. The van der Waals surface area contributed by atoms with Crippen LogP contribution in [0.1, 0.15) is 37.9 Å². The van der Waals surface area contributed by atoms with Crippen LogP contribution in [0.3, 0.4) is 0 Å². The fraction of sp³-hybridized carbons (Fsp3) is 0.542.